The van der Waals surface area contributed by atoms with Crippen LogP contribution in [-0.4, -0.2) is 29.9 Å². The standard InChI is InChI=1S/C26H27FN2O3/c1-3-24(26(31)28-21-13-15-22(32-2)16-14-21)29(18-20-11-7-8-12-23(20)27)25(30)17-19-9-5-4-6-10-19/h4-16,24H,3,17-18H2,1-2H3,(H,28,31). The maximum Gasteiger partial charge on any atom is 0.247 e. The van der Waals surface area contributed by atoms with Crippen LogP contribution in [-0.2, 0) is 22.6 Å². The number of amides is 2. The molecule has 6 heteroatoms. The topological polar surface area (TPSA) is 58.6 Å². The molecule has 1 atom stereocenters. The molecule has 1 N–H and O–H groups in total. The van der Waals surface area contributed by atoms with Crippen LogP contribution in [0, 0.1) is 5.82 Å². The summed E-state index contributed by atoms with van der Waals surface area (Å²) in [5.41, 5.74) is 1.79. The van der Waals surface area contributed by atoms with Gasteiger partial charge in [-0.25, -0.2) is 4.39 Å². The van der Waals surface area contributed by atoms with Gasteiger partial charge in [0.05, 0.1) is 13.5 Å². The number of methoxy groups -OCH3 is 1. The zero-order chi connectivity index (χ0) is 22.9. The molecule has 0 aliphatic rings. The van der Waals surface area contributed by atoms with Crippen molar-refractivity contribution in [1.29, 1.82) is 0 Å². The van der Waals surface area contributed by atoms with Crippen LogP contribution >= 0.6 is 0 Å². The smallest absolute Gasteiger partial charge is 0.247 e. The van der Waals surface area contributed by atoms with Gasteiger partial charge < -0.3 is 15.0 Å². The summed E-state index contributed by atoms with van der Waals surface area (Å²) in [6.45, 7) is 1.84. The molecule has 3 aromatic carbocycles. The average Bonchev–Trinajstić information content (AvgIpc) is 2.81. The molecule has 0 aromatic heterocycles. The molecule has 32 heavy (non-hydrogen) atoms. The van der Waals surface area contributed by atoms with Crippen LogP contribution in [0.5, 0.6) is 5.75 Å². The van der Waals surface area contributed by atoms with Crippen molar-refractivity contribution in [2.75, 3.05) is 12.4 Å². The second-order valence-corrected chi connectivity index (χ2v) is 7.42. The SMILES string of the molecule is CCC(C(=O)Nc1ccc(OC)cc1)N(Cc1ccccc1F)C(=O)Cc1ccccc1. The molecule has 2 amide bonds. The first kappa shape index (κ1) is 23.0. The van der Waals surface area contributed by atoms with E-state index in [0.717, 1.165) is 5.56 Å². The Bertz CT molecular complexity index is 1040. The van der Waals surface area contributed by atoms with E-state index < -0.39 is 11.9 Å². The van der Waals surface area contributed by atoms with E-state index in [1.54, 1.807) is 49.6 Å². The maximum atomic E-state index is 14.4. The Hall–Kier alpha value is -3.67. The van der Waals surface area contributed by atoms with E-state index in [1.807, 2.05) is 37.3 Å². The summed E-state index contributed by atoms with van der Waals surface area (Å²) in [7, 11) is 1.57. The van der Waals surface area contributed by atoms with Crippen LogP contribution in [0.4, 0.5) is 10.1 Å². The highest BCUT2D eigenvalue weighted by molar-refractivity contribution is 5.97. The van der Waals surface area contributed by atoms with Gasteiger partial charge in [-0.2, -0.15) is 0 Å². The van der Waals surface area contributed by atoms with Gasteiger partial charge in [0.2, 0.25) is 11.8 Å². The van der Waals surface area contributed by atoms with Crippen molar-refractivity contribution >= 4 is 17.5 Å². The Labute approximate surface area is 187 Å². The fraction of sp³-hybridized carbons (Fsp3) is 0.231. The second kappa shape index (κ2) is 11.1. The van der Waals surface area contributed by atoms with E-state index in [4.69, 9.17) is 4.74 Å². The van der Waals surface area contributed by atoms with Gasteiger partial charge >= 0.3 is 0 Å². The molecular formula is C26H27FN2O3. The van der Waals surface area contributed by atoms with E-state index >= 15 is 0 Å². The number of carbonyl (C=O) groups is 2. The van der Waals surface area contributed by atoms with Gasteiger partial charge in [-0.05, 0) is 42.3 Å². The van der Waals surface area contributed by atoms with Crippen LogP contribution in [0.1, 0.15) is 24.5 Å². The summed E-state index contributed by atoms with van der Waals surface area (Å²) in [6, 6.07) is 21.8. The van der Waals surface area contributed by atoms with Crippen molar-refractivity contribution < 1.29 is 18.7 Å². The summed E-state index contributed by atoms with van der Waals surface area (Å²) in [5.74, 6) is -0.295. The minimum absolute atomic E-state index is 0.00682. The lowest BCUT2D eigenvalue weighted by atomic mass is 10.1. The van der Waals surface area contributed by atoms with E-state index in [2.05, 4.69) is 5.32 Å². The first-order chi connectivity index (χ1) is 15.5. The Morgan fingerprint density at radius 2 is 1.62 bits per heavy atom. The van der Waals surface area contributed by atoms with Crippen LogP contribution in [0.25, 0.3) is 0 Å². The number of anilines is 1. The molecule has 3 rings (SSSR count). The molecule has 0 saturated heterocycles. The highest BCUT2D eigenvalue weighted by atomic mass is 19.1. The molecule has 0 spiro atoms. The first-order valence-corrected chi connectivity index (χ1v) is 10.5. The zero-order valence-electron chi connectivity index (χ0n) is 18.3. The number of halogens is 1. The fourth-order valence-electron chi connectivity index (χ4n) is 3.50. The normalized spacial score (nSPS) is 11.5. The molecule has 0 aliphatic carbocycles. The highest BCUT2D eigenvalue weighted by Crippen LogP contribution is 2.19. The average molecular weight is 435 g/mol. The van der Waals surface area contributed by atoms with Crippen molar-refractivity contribution in [3.63, 3.8) is 0 Å². The van der Waals surface area contributed by atoms with E-state index in [9.17, 15) is 14.0 Å². The summed E-state index contributed by atoms with van der Waals surface area (Å²) in [4.78, 5) is 27.9. The minimum atomic E-state index is -0.757. The Kier molecular flexibility index (Phi) is 7.97. The number of nitrogens with zero attached hydrogens (tertiary/aromatic N) is 1. The molecule has 0 bridgehead atoms. The van der Waals surface area contributed by atoms with E-state index in [1.165, 1.54) is 11.0 Å². The number of nitrogens with one attached hydrogen (secondary N) is 1. The molecule has 1 unspecified atom stereocenters. The van der Waals surface area contributed by atoms with Crippen LogP contribution in [0.15, 0.2) is 78.9 Å². The monoisotopic (exact) mass is 434 g/mol. The Balaban J connectivity index is 1.85. The lowest BCUT2D eigenvalue weighted by Crippen LogP contribution is -2.47. The summed E-state index contributed by atoms with van der Waals surface area (Å²) in [5, 5.41) is 2.86. The number of hydrogen-bond acceptors (Lipinski definition) is 3. The summed E-state index contributed by atoms with van der Waals surface area (Å²) < 4.78 is 19.5. The molecule has 0 radical (unpaired) electrons. The highest BCUT2D eigenvalue weighted by Gasteiger charge is 2.29. The van der Waals surface area contributed by atoms with Gasteiger partial charge in [0.15, 0.2) is 0 Å². The van der Waals surface area contributed by atoms with Gasteiger partial charge in [-0.3, -0.25) is 9.59 Å². The number of hydrogen-bond donors (Lipinski definition) is 1. The van der Waals surface area contributed by atoms with Gasteiger partial charge in [-0.15, -0.1) is 0 Å². The number of rotatable bonds is 9. The maximum absolute atomic E-state index is 14.4. The Morgan fingerprint density at radius 1 is 0.969 bits per heavy atom. The third-order valence-corrected chi connectivity index (χ3v) is 5.24. The second-order valence-electron chi connectivity index (χ2n) is 7.42. The van der Waals surface area contributed by atoms with Crippen LogP contribution in [0.2, 0.25) is 0 Å². The van der Waals surface area contributed by atoms with Crippen molar-refractivity contribution in [1.82, 2.24) is 4.90 Å². The molecule has 3 aromatic rings. The van der Waals surface area contributed by atoms with Crippen molar-refractivity contribution in [2.45, 2.75) is 32.4 Å². The molecule has 0 aliphatic heterocycles. The Morgan fingerprint density at radius 3 is 2.25 bits per heavy atom. The van der Waals surface area contributed by atoms with E-state index in [-0.39, 0.29) is 24.8 Å². The predicted octanol–water partition coefficient (Wildman–Crippen LogP) is 4.82. The van der Waals surface area contributed by atoms with Crippen molar-refractivity contribution in [3.05, 3.63) is 95.8 Å². The van der Waals surface area contributed by atoms with Crippen molar-refractivity contribution in [2.24, 2.45) is 0 Å². The van der Waals surface area contributed by atoms with Gasteiger partial charge in [0, 0.05) is 17.8 Å². The van der Waals surface area contributed by atoms with Crippen LogP contribution < -0.4 is 10.1 Å². The van der Waals surface area contributed by atoms with Crippen LogP contribution in [0.3, 0.4) is 0 Å². The largest absolute Gasteiger partial charge is 0.497 e. The van der Waals surface area contributed by atoms with Gasteiger partial charge in [0.25, 0.3) is 0 Å². The predicted molar refractivity (Wildman–Crippen MR) is 123 cm³/mol. The third-order valence-electron chi connectivity index (χ3n) is 5.24. The third kappa shape index (κ3) is 5.94. The van der Waals surface area contributed by atoms with E-state index in [0.29, 0.717) is 23.4 Å². The van der Waals surface area contributed by atoms with Crippen molar-refractivity contribution in [3.8, 4) is 5.75 Å². The quantitative estimate of drug-likeness (QED) is 0.525. The minimum Gasteiger partial charge on any atom is -0.497 e. The lowest BCUT2D eigenvalue weighted by Gasteiger charge is -2.31. The lowest BCUT2D eigenvalue weighted by molar-refractivity contribution is -0.139. The zero-order valence-corrected chi connectivity index (χ0v) is 18.3. The number of ether oxygens (including phenoxy) is 1. The first-order valence-electron chi connectivity index (χ1n) is 10.5. The molecule has 166 valence electrons. The molecule has 5 nitrogen and oxygen atoms in total. The molecule has 0 fully saturated rings. The molecular weight excluding hydrogens is 407 g/mol. The van der Waals surface area contributed by atoms with Gasteiger partial charge in [-0.1, -0.05) is 55.5 Å². The summed E-state index contributed by atoms with van der Waals surface area (Å²) in [6.07, 6.45) is 0.512. The molecule has 0 saturated carbocycles. The fourth-order valence-corrected chi connectivity index (χ4v) is 3.50. The summed E-state index contributed by atoms with van der Waals surface area (Å²) >= 11 is 0. The molecule has 0 heterocycles. The number of benzene rings is 3. The number of carbonyl (C=O) groups excluding carboxylic acids is 2. The van der Waals surface area contributed by atoms with Gasteiger partial charge in [0.1, 0.15) is 17.6 Å².